The van der Waals surface area contributed by atoms with Crippen LogP contribution in [0, 0.1) is 5.82 Å². The summed E-state index contributed by atoms with van der Waals surface area (Å²) in [5.74, 6) is -1.45. The molecule has 1 aromatic rings. The standard InChI is InChI=1S/C14H17FN2O3/c1-2-11(12(18)19)16-13(20)17-14(7-8-14)9-5-3-4-6-10(9)15/h3-6,11H,2,7-8H2,1H3,(H,18,19)(H2,16,17,20). The van der Waals surface area contributed by atoms with E-state index in [-0.39, 0.29) is 12.2 Å². The lowest BCUT2D eigenvalue weighted by molar-refractivity contribution is -0.139. The topological polar surface area (TPSA) is 78.4 Å². The fourth-order valence-corrected chi connectivity index (χ4v) is 2.19. The molecule has 0 bridgehead atoms. The van der Waals surface area contributed by atoms with E-state index in [1.54, 1.807) is 25.1 Å². The van der Waals surface area contributed by atoms with Gasteiger partial charge in [0, 0.05) is 5.56 Å². The van der Waals surface area contributed by atoms with Gasteiger partial charge in [-0.15, -0.1) is 0 Å². The maximum atomic E-state index is 13.8. The zero-order valence-corrected chi connectivity index (χ0v) is 11.1. The lowest BCUT2D eigenvalue weighted by Crippen LogP contribution is -2.49. The van der Waals surface area contributed by atoms with E-state index in [0.29, 0.717) is 18.4 Å². The van der Waals surface area contributed by atoms with Crippen molar-refractivity contribution in [2.24, 2.45) is 0 Å². The van der Waals surface area contributed by atoms with E-state index in [9.17, 15) is 14.0 Å². The van der Waals surface area contributed by atoms with Crippen LogP contribution in [-0.2, 0) is 10.3 Å². The first kappa shape index (κ1) is 14.3. The smallest absolute Gasteiger partial charge is 0.326 e. The first-order chi connectivity index (χ1) is 9.48. The van der Waals surface area contributed by atoms with Gasteiger partial charge in [0.25, 0.3) is 0 Å². The largest absolute Gasteiger partial charge is 0.480 e. The molecule has 2 rings (SSSR count). The van der Waals surface area contributed by atoms with E-state index in [1.807, 2.05) is 0 Å². The summed E-state index contributed by atoms with van der Waals surface area (Å²) in [4.78, 5) is 22.7. The second kappa shape index (κ2) is 5.48. The summed E-state index contributed by atoms with van der Waals surface area (Å²) in [5.41, 5.74) is -0.259. The second-order valence-corrected chi connectivity index (χ2v) is 4.96. The first-order valence-electron chi connectivity index (χ1n) is 6.55. The van der Waals surface area contributed by atoms with Crippen molar-refractivity contribution >= 4 is 12.0 Å². The molecule has 1 aromatic carbocycles. The third-order valence-corrected chi connectivity index (χ3v) is 3.50. The fraction of sp³-hybridized carbons (Fsp3) is 0.429. The summed E-state index contributed by atoms with van der Waals surface area (Å²) < 4.78 is 13.8. The van der Waals surface area contributed by atoms with Gasteiger partial charge in [0.1, 0.15) is 11.9 Å². The second-order valence-electron chi connectivity index (χ2n) is 4.96. The molecule has 1 fully saturated rings. The van der Waals surface area contributed by atoms with Crippen molar-refractivity contribution < 1.29 is 19.1 Å². The van der Waals surface area contributed by atoms with E-state index in [4.69, 9.17) is 5.11 Å². The molecule has 0 radical (unpaired) electrons. The fourth-order valence-electron chi connectivity index (χ4n) is 2.19. The van der Waals surface area contributed by atoms with Gasteiger partial charge in [-0.05, 0) is 25.3 Å². The maximum Gasteiger partial charge on any atom is 0.326 e. The van der Waals surface area contributed by atoms with Crippen LogP contribution < -0.4 is 10.6 Å². The van der Waals surface area contributed by atoms with Crippen LogP contribution in [-0.4, -0.2) is 23.1 Å². The Labute approximate surface area is 116 Å². The predicted molar refractivity (Wildman–Crippen MR) is 70.7 cm³/mol. The summed E-state index contributed by atoms with van der Waals surface area (Å²) in [5, 5.41) is 14.0. The number of halogens is 1. The Hall–Kier alpha value is -2.11. The van der Waals surface area contributed by atoms with Gasteiger partial charge in [0.2, 0.25) is 0 Å². The molecule has 20 heavy (non-hydrogen) atoms. The third-order valence-electron chi connectivity index (χ3n) is 3.50. The minimum absolute atomic E-state index is 0.287. The molecule has 0 aromatic heterocycles. The number of hydrogen-bond acceptors (Lipinski definition) is 2. The van der Waals surface area contributed by atoms with Crippen molar-refractivity contribution in [3.05, 3.63) is 35.6 Å². The summed E-state index contributed by atoms with van der Waals surface area (Å²) in [6.45, 7) is 1.67. The molecule has 1 aliphatic carbocycles. The average molecular weight is 280 g/mol. The number of hydrogen-bond donors (Lipinski definition) is 3. The van der Waals surface area contributed by atoms with Crippen LogP contribution in [0.15, 0.2) is 24.3 Å². The van der Waals surface area contributed by atoms with Gasteiger partial charge in [0.05, 0.1) is 5.54 Å². The number of carboxylic acid groups (broad SMARTS) is 1. The highest BCUT2D eigenvalue weighted by Crippen LogP contribution is 2.46. The lowest BCUT2D eigenvalue weighted by atomic mass is 10.0. The molecule has 6 heteroatoms. The van der Waals surface area contributed by atoms with Crippen LogP contribution >= 0.6 is 0 Å². The monoisotopic (exact) mass is 280 g/mol. The molecule has 0 saturated heterocycles. The van der Waals surface area contributed by atoms with Crippen LogP contribution in [0.5, 0.6) is 0 Å². The van der Waals surface area contributed by atoms with Gasteiger partial charge >= 0.3 is 12.0 Å². The van der Waals surface area contributed by atoms with E-state index in [0.717, 1.165) is 0 Å². The number of aliphatic carboxylic acids is 1. The number of benzene rings is 1. The molecule has 5 nitrogen and oxygen atoms in total. The minimum Gasteiger partial charge on any atom is -0.480 e. The van der Waals surface area contributed by atoms with Crippen molar-refractivity contribution in [3.63, 3.8) is 0 Å². The Morgan fingerprint density at radius 1 is 1.40 bits per heavy atom. The van der Waals surface area contributed by atoms with Crippen LogP contribution in [0.3, 0.4) is 0 Å². The molecule has 1 aliphatic rings. The Morgan fingerprint density at radius 3 is 2.55 bits per heavy atom. The number of urea groups is 1. The maximum absolute atomic E-state index is 13.8. The highest BCUT2D eigenvalue weighted by Gasteiger charge is 2.47. The minimum atomic E-state index is -1.08. The quantitative estimate of drug-likeness (QED) is 0.771. The molecule has 1 saturated carbocycles. The molecule has 3 N–H and O–H groups in total. The van der Waals surface area contributed by atoms with Crippen LogP contribution in [0.2, 0.25) is 0 Å². The highest BCUT2D eigenvalue weighted by molar-refractivity contribution is 5.83. The van der Waals surface area contributed by atoms with Gasteiger partial charge in [-0.3, -0.25) is 0 Å². The van der Waals surface area contributed by atoms with Crippen molar-refractivity contribution in [3.8, 4) is 0 Å². The van der Waals surface area contributed by atoms with E-state index in [1.165, 1.54) is 6.07 Å². The lowest BCUT2D eigenvalue weighted by Gasteiger charge is -2.20. The van der Waals surface area contributed by atoms with Crippen molar-refractivity contribution in [2.75, 3.05) is 0 Å². The van der Waals surface area contributed by atoms with E-state index >= 15 is 0 Å². The Morgan fingerprint density at radius 2 is 2.05 bits per heavy atom. The molecule has 1 unspecified atom stereocenters. The average Bonchev–Trinajstić information content (AvgIpc) is 3.16. The zero-order valence-electron chi connectivity index (χ0n) is 11.1. The molecule has 2 amide bonds. The molecular formula is C14H17FN2O3. The SMILES string of the molecule is CCC(NC(=O)NC1(c2ccccc2F)CC1)C(=O)O. The van der Waals surface area contributed by atoms with Gasteiger partial charge in [-0.25, -0.2) is 14.0 Å². The highest BCUT2D eigenvalue weighted by atomic mass is 19.1. The van der Waals surface area contributed by atoms with Crippen LogP contribution in [0.25, 0.3) is 0 Å². The summed E-state index contributed by atoms with van der Waals surface area (Å²) in [6, 6.07) is 4.76. The Bertz CT molecular complexity index is 529. The van der Waals surface area contributed by atoms with Crippen LogP contribution in [0.1, 0.15) is 31.7 Å². The Kier molecular flexibility index (Phi) is 3.92. The molecular weight excluding hydrogens is 263 g/mol. The van der Waals surface area contributed by atoms with Crippen molar-refractivity contribution in [1.82, 2.24) is 10.6 Å². The molecule has 1 atom stereocenters. The Balaban J connectivity index is 2.05. The van der Waals surface area contributed by atoms with Gasteiger partial charge in [0.15, 0.2) is 0 Å². The molecule has 0 heterocycles. The van der Waals surface area contributed by atoms with Gasteiger partial charge in [-0.2, -0.15) is 0 Å². The van der Waals surface area contributed by atoms with Crippen LogP contribution in [0.4, 0.5) is 9.18 Å². The molecule has 0 aliphatic heterocycles. The number of amides is 2. The van der Waals surface area contributed by atoms with Crippen molar-refractivity contribution in [2.45, 2.75) is 37.8 Å². The number of nitrogens with one attached hydrogen (secondary N) is 2. The van der Waals surface area contributed by atoms with E-state index < -0.39 is 23.6 Å². The number of carbonyl (C=O) groups excluding carboxylic acids is 1. The zero-order chi connectivity index (χ0) is 14.8. The van der Waals surface area contributed by atoms with Crippen molar-refractivity contribution in [1.29, 1.82) is 0 Å². The number of rotatable bonds is 5. The summed E-state index contributed by atoms with van der Waals surface area (Å²) >= 11 is 0. The van der Waals surface area contributed by atoms with Gasteiger partial charge in [-0.1, -0.05) is 25.1 Å². The third kappa shape index (κ3) is 2.89. The predicted octanol–water partition coefficient (Wildman–Crippen LogP) is 1.98. The number of carbonyl (C=O) groups is 2. The normalized spacial score (nSPS) is 17.1. The van der Waals surface area contributed by atoms with E-state index in [2.05, 4.69) is 10.6 Å². The number of carboxylic acids is 1. The first-order valence-corrected chi connectivity index (χ1v) is 6.55. The van der Waals surface area contributed by atoms with Gasteiger partial charge < -0.3 is 15.7 Å². The molecule has 0 spiro atoms. The summed E-state index contributed by atoms with van der Waals surface area (Å²) in [7, 11) is 0. The summed E-state index contributed by atoms with van der Waals surface area (Å²) in [6.07, 6.45) is 1.58. The molecule has 108 valence electrons.